The minimum Gasteiger partial charge on any atom is -1.00 e. The summed E-state index contributed by atoms with van der Waals surface area (Å²) in [6.07, 6.45) is 0. The Kier molecular flexibility index (Phi) is 12.2. The summed E-state index contributed by atoms with van der Waals surface area (Å²) in [6.45, 7) is 13.7. The number of benzene rings is 3. The maximum absolute atomic E-state index is 12.1. The molecule has 0 heterocycles. The van der Waals surface area contributed by atoms with Crippen LogP contribution in [0.4, 0.5) is 0 Å². The van der Waals surface area contributed by atoms with Crippen molar-refractivity contribution in [3.05, 3.63) is 113 Å². The van der Waals surface area contributed by atoms with E-state index in [0.29, 0.717) is 14.3 Å². The number of carbonyl (C=O) groups excluding carboxylic acids is 2. The maximum Gasteiger partial charge on any atom is -1.00 e. The van der Waals surface area contributed by atoms with E-state index in [2.05, 4.69) is 71.9 Å². The zero-order valence-electron chi connectivity index (χ0n) is 22.2. The molecule has 0 aliphatic heterocycles. The molecular weight excluding hydrogens is 578 g/mol. The second-order valence-corrected chi connectivity index (χ2v) is 12.0. The van der Waals surface area contributed by atoms with Gasteiger partial charge in [-0.2, -0.15) is 6.07 Å². The average molecular weight is 612 g/mol. The molecule has 0 spiro atoms. The third kappa shape index (κ3) is 8.47. The monoisotopic (exact) mass is 609 g/mol. The number of ketones is 2. The molecule has 0 fully saturated rings. The summed E-state index contributed by atoms with van der Waals surface area (Å²) in [4.78, 5) is 24.2. The van der Waals surface area contributed by atoms with Gasteiger partial charge in [0, 0.05) is 0 Å². The van der Waals surface area contributed by atoms with Crippen molar-refractivity contribution in [3.8, 4) is 0 Å². The van der Waals surface area contributed by atoms with Crippen LogP contribution >= 0.6 is 0 Å². The van der Waals surface area contributed by atoms with Crippen molar-refractivity contribution in [2.45, 2.75) is 52.4 Å². The Morgan fingerprint density at radius 2 is 1.11 bits per heavy atom. The fourth-order valence-electron chi connectivity index (χ4n) is 3.89. The van der Waals surface area contributed by atoms with Gasteiger partial charge in [-0.25, -0.2) is 0 Å². The van der Waals surface area contributed by atoms with E-state index in [0.717, 1.165) is 24.2 Å². The van der Waals surface area contributed by atoms with Crippen molar-refractivity contribution in [2.24, 2.45) is 0 Å². The van der Waals surface area contributed by atoms with E-state index in [1.807, 2.05) is 12.1 Å². The number of rotatable bonds is 4. The number of hydrogen-bond acceptors (Lipinski definition) is 2. The van der Waals surface area contributed by atoms with Gasteiger partial charge in [0.15, 0.2) is 0 Å². The molecular formula is C32H33Cl2O2Zr-. The van der Waals surface area contributed by atoms with Gasteiger partial charge in [-0.15, -0.1) is 40.1 Å². The third-order valence-corrected chi connectivity index (χ3v) is 7.07. The maximum atomic E-state index is 12.1. The molecule has 0 bridgehead atoms. The van der Waals surface area contributed by atoms with Gasteiger partial charge in [0.25, 0.3) is 0 Å². The molecule has 192 valence electrons. The molecule has 0 aromatic heterocycles. The molecule has 37 heavy (non-hydrogen) atoms. The summed E-state index contributed by atoms with van der Waals surface area (Å²) < 4.78 is 0.333. The Hall–Kier alpha value is -2.06. The quantitative estimate of drug-likeness (QED) is 0.200. The first-order valence-corrected chi connectivity index (χ1v) is 13.1. The van der Waals surface area contributed by atoms with Crippen molar-refractivity contribution < 1.29 is 58.6 Å². The van der Waals surface area contributed by atoms with Gasteiger partial charge in [-0.3, -0.25) is 0 Å². The van der Waals surface area contributed by atoms with Gasteiger partial charge in [-0.05, 0) is 10.8 Å². The van der Waals surface area contributed by atoms with Gasteiger partial charge >= 0.3 is 120 Å². The van der Waals surface area contributed by atoms with Gasteiger partial charge < -0.3 is 24.8 Å². The molecule has 0 saturated heterocycles. The molecule has 0 aliphatic rings. The normalized spacial score (nSPS) is 10.9. The van der Waals surface area contributed by atoms with Crippen LogP contribution in [-0.4, -0.2) is 14.8 Å². The Balaban J connectivity index is 0.000000351. The summed E-state index contributed by atoms with van der Waals surface area (Å²) in [5.74, 6) is -0.356. The Labute approximate surface area is 248 Å². The summed E-state index contributed by atoms with van der Waals surface area (Å²) in [6, 6.07) is 29.1. The van der Waals surface area contributed by atoms with Gasteiger partial charge in [0.05, 0.1) is 0 Å². The van der Waals surface area contributed by atoms with Gasteiger partial charge in [0.1, 0.15) is 0 Å². The molecule has 0 radical (unpaired) electrons. The minimum atomic E-state index is -0.178. The van der Waals surface area contributed by atoms with Crippen LogP contribution in [0.25, 0.3) is 10.8 Å². The fourth-order valence-corrected chi connectivity index (χ4v) is 4.60. The molecule has 0 atom stereocenters. The molecule has 0 amide bonds. The van der Waals surface area contributed by atoms with Crippen LogP contribution in [0.15, 0.2) is 91.0 Å². The average Bonchev–Trinajstić information content (AvgIpc) is 3.29. The van der Waals surface area contributed by atoms with Crippen molar-refractivity contribution in [2.75, 3.05) is 0 Å². The minimum absolute atomic E-state index is 0. The summed E-state index contributed by atoms with van der Waals surface area (Å²) in [5.41, 5.74) is 4.45. The van der Waals surface area contributed by atoms with Crippen LogP contribution in [0, 0.1) is 0 Å². The third-order valence-electron chi connectivity index (χ3n) is 5.95. The Morgan fingerprint density at radius 1 is 0.649 bits per heavy atom. The van der Waals surface area contributed by atoms with Gasteiger partial charge in [-0.1, -0.05) is 47.6 Å². The molecule has 5 heteroatoms. The first-order valence-electron chi connectivity index (χ1n) is 11.9. The topological polar surface area (TPSA) is 34.1 Å². The molecule has 4 rings (SSSR count). The molecule has 4 aromatic carbocycles. The first kappa shape index (κ1) is 33.0. The number of hydrogen-bond donors (Lipinski definition) is 0. The molecule has 2 nitrogen and oxygen atoms in total. The van der Waals surface area contributed by atoms with Crippen molar-refractivity contribution in [1.29, 1.82) is 0 Å². The molecule has 0 aliphatic carbocycles. The predicted molar refractivity (Wildman–Crippen MR) is 143 cm³/mol. The van der Waals surface area contributed by atoms with E-state index in [1.165, 1.54) is 21.9 Å². The summed E-state index contributed by atoms with van der Waals surface area (Å²) in [5, 5.41) is 2.80. The largest absolute Gasteiger partial charge is 1.00 e. The van der Waals surface area contributed by atoms with E-state index in [4.69, 9.17) is 0 Å². The van der Waals surface area contributed by atoms with Crippen LogP contribution in [0.5, 0.6) is 0 Å². The predicted octanol–water partition coefficient (Wildman–Crippen LogP) is 1.63. The smallest absolute Gasteiger partial charge is 1.00 e. The molecule has 0 N–H and O–H groups in total. The number of fused-ring (bicyclic) bond motifs is 1. The SMILES string of the molecule is CC(C)(C)c1cc2cccc(C(C)(C)C)c2[cH-]1.O=C([C](=[Zr+2])C(=O)c1ccccc1)c1ccccc1.[Cl-].[Cl-]. The van der Waals surface area contributed by atoms with E-state index in [9.17, 15) is 9.59 Å². The van der Waals surface area contributed by atoms with Crippen LogP contribution in [0.1, 0.15) is 73.4 Å². The standard InChI is InChI=1S/C17H23.C15H10O2.2ClH.Zr/c1-16(2,3)13-10-12-8-7-9-15(14(12)11-13)17(4,5)6;16-14(12-7-3-1-4-8-12)11-15(17)13-9-5-2-6-10-13;;;/h7-11H,1-6H3;1-10H;2*1H;/q-1;;;;+2/p-2. The van der Waals surface area contributed by atoms with Crippen molar-refractivity contribution >= 4 is 25.5 Å². The Bertz CT molecular complexity index is 1290. The van der Waals surface area contributed by atoms with E-state index in [-0.39, 0.29) is 47.2 Å². The zero-order valence-corrected chi connectivity index (χ0v) is 26.2. The number of carbonyl (C=O) groups is 2. The summed E-state index contributed by atoms with van der Waals surface area (Å²) >= 11 is 0.842. The van der Waals surface area contributed by atoms with E-state index >= 15 is 0 Å². The number of halogens is 2. The molecule has 0 unspecified atom stereocenters. The second kappa shape index (κ2) is 13.7. The van der Waals surface area contributed by atoms with E-state index < -0.39 is 0 Å². The van der Waals surface area contributed by atoms with Crippen LogP contribution in [0.2, 0.25) is 0 Å². The first-order chi connectivity index (χ1) is 16.4. The van der Waals surface area contributed by atoms with Crippen LogP contribution < -0.4 is 24.8 Å². The van der Waals surface area contributed by atoms with Crippen LogP contribution in [-0.2, 0) is 35.1 Å². The summed E-state index contributed by atoms with van der Waals surface area (Å²) in [7, 11) is 0. The zero-order chi connectivity index (χ0) is 25.8. The second-order valence-electron chi connectivity index (χ2n) is 10.8. The Morgan fingerprint density at radius 3 is 1.51 bits per heavy atom. The van der Waals surface area contributed by atoms with Crippen molar-refractivity contribution in [3.63, 3.8) is 0 Å². The fraction of sp³-hybridized carbons (Fsp3) is 0.250. The van der Waals surface area contributed by atoms with Gasteiger partial charge in [0.2, 0.25) is 0 Å². The number of Topliss-reactive ketones (excluding diaryl/α,β-unsaturated/α-hetero) is 2. The van der Waals surface area contributed by atoms with Crippen molar-refractivity contribution in [1.82, 2.24) is 0 Å². The van der Waals surface area contributed by atoms with E-state index in [1.54, 1.807) is 48.5 Å². The molecule has 4 aromatic rings. The van der Waals surface area contributed by atoms with Crippen LogP contribution in [0.3, 0.4) is 0 Å². The molecule has 0 saturated carbocycles.